The Hall–Kier alpha value is -1.53. The van der Waals surface area contributed by atoms with E-state index in [0.29, 0.717) is 12.5 Å². The second-order valence-corrected chi connectivity index (χ2v) is 5.30. The number of hydrogen-bond acceptors (Lipinski definition) is 4. The summed E-state index contributed by atoms with van der Waals surface area (Å²) in [5, 5.41) is 5.85. The van der Waals surface area contributed by atoms with Gasteiger partial charge in [-0.1, -0.05) is 13.8 Å². The summed E-state index contributed by atoms with van der Waals surface area (Å²) in [4.78, 5) is 7.62. The van der Waals surface area contributed by atoms with E-state index in [0.717, 1.165) is 25.3 Å². The first-order chi connectivity index (χ1) is 9.38. The van der Waals surface area contributed by atoms with E-state index >= 15 is 0 Å². The van der Waals surface area contributed by atoms with E-state index in [1.54, 1.807) is 0 Å². The first-order valence-electron chi connectivity index (χ1n) is 6.85. The largest absolute Gasteiger partial charge is 0.433 e. The van der Waals surface area contributed by atoms with Crippen LogP contribution in [0.3, 0.4) is 0 Å². The minimum atomic E-state index is -4.46. The predicted molar refractivity (Wildman–Crippen MR) is 71.6 cm³/mol. The van der Waals surface area contributed by atoms with E-state index in [2.05, 4.69) is 27.5 Å². The average molecular weight is 288 g/mol. The molecular weight excluding hydrogens is 269 g/mol. The van der Waals surface area contributed by atoms with Gasteiger partial charge in [-0.3, -0.25) is 0 Å². The van der Waals surface area contributed by atoms with Crippen LogP contribution >= 0.6 is 0 Å². The van der Waals surface area contributed by atoms with Crippen LogP contribution in [0.1, 0.15) is 38.8 Å². The van der Waals surface area contributed by atoms with E-state index in [-0.39, 0.29) is 17.8 Å². The summed E-state index contributed by atoms with van der Waals surface area (Å²) in [6, 6.07) is 1.18. The molecule has 0 saturated heterocycles. The molecule has 0 radical (unpaired) electrons. The molecule has 1 saturated carbocycles. The molecule has 0 aromatic carbocycles. The van der Waals surface area contributed by atoms with E-state index in [1.165, 1.54) is 0 Å². The number of nitrogens with zero attached hydrogens (tertiary/aromatic N) is 2. The normalized spacial score (nSPS) is 22.2. The summed E-state index contributed by atoms with van der Waals surface area (Å²) in [5.74, 6) is 0.883. The molecule has 1 fully saturated rings. The van der Waals surface area contributed by atoms with Crippen LogP contribution in [-0.2, 0) is 6.18 Å². The molecule has 1 heterocycles. The second kappa shape index (κ2) is 5.85. The van der Waals surface area contributed by atoms with E-state index < -0.39 is 11.9 Å². The third-order valence-corrected chi connectivity index (χ3v) is 3.28. The van der Waals surface area contributed by atoms with Crippen LogP contribution in [0.5, 0.6) is 0 Å². The highest BCUT2D eigenvalue weighted by atomic mass is 19.4. The Morgan fingerprint density at radius 1 is 1.30 bits per heavy atom. The van der Waals surface area contributed by atoms with Crippen molar-refractivity contribution in [3.8, 4) is 0 Å². The maximum absolute atomic E-state index is 12.8. The SMILES string of the molecule is CCCNc1nc(NC2CC(C)C2)cc(C(F)(F)F)n1. The number of rotatable bonds is 5. The lowest BCUT2D eigenvalue weighted by atomic mass is 9.82. The Morgan fingerprint density at radius 3 is 2.55 bits per heavy atom. The van der Waals surface area contributed by atoms with Gasteiger partial charge in [-0.15, -0.1) is 0 Å². The Labute approximate surface area is 116 Å². The zero-order chi connectivity index (χ0) is 14.8. The topological polar surface area (TPSA) is 49.8 Å². The molecule has 0 amide bonds. The van der Waals surface area contributed by atoms with Gasteiger partial charge >= 0.3 is 6.18 Å². The van der Waals surface area contributed by atoms with Crippen molar-refractivity contribution in [2.75, 3.05) is 17.2 Å². The van der Waals surface area contributed by atoms with Gasteiger partial charge in [-0.2, -0.15) is 18.2 Å². The lowest BCUT2D eigenvalue weighted by Gasteiger charge is -2.33. The molecule has 112 valence electrons. The van der Waals surface area contributed by atoms with Crippen LogP contribution in [-0.4, -0.2) is 22.6 Å². The van der Waals surface area contributed by atoms with Gasteiger partial charge in [-0.25, -0.2) is 4.98 Å². The van der Waals surface area contributed by atoms with Crippen LogP contribution < -0.4 is 10.6 Å². The monoisotopic (exact) mass is 288 g/mol. The molecular formula is C13H19F3N4. The van der Waals surface area contributed by atoms with Crippen molar-refractivity contribution >= 4 is 11.8 Å². The molecule has 0 aliphatic heterocycles. The van der Waals surface area contributed by atoms with Gasteiger partial charge in [0.1, 0.15) is 5.82 Å². The summed E-state index contributed by atoms with van der Waals surface area (Å²) in [7, 11) is 0. The number of alkyl halides is 3. The standard InChI is InChI=1S/C13H19F3N4/c1-3-4-17-12-19-10(13(14,15)16)7-11(20-12)18-9-5-8(2)6-9/h7-9H,3-6H2,1-2H3,(H2,17,18,19,20). The van der Waals surface area contributed by atoms with Gasteiger partial charge in [0.2, 0.25) is 5.95 Å². The molecule has 0 atom stereocenters. The van der Waals surface area contributed by atoms with Crippen LogP contribution in [0.2, 0.25) is 0 Å². The third kappa shape index (κ3) is 3.74. The molecule has 1 aromatic rings. The van der Waals surface area contributed by atoms with Gasteiger partial charge in [0.25, 0.3) is 0 Å². The summed E-state index contributed by atoms with van der Waals surface area (Å²) < 4.78 is 38.5. The Bertz CT molecular complexity index is 455. The average Bonchev–Trinajstić information content (AvgIpc) is 2.33. The van der Waals surface area contributed by atoms with Crippen LogP contribution in [0, 0.1) is 5.92 Å². The maximum Gasteiger partial charge on any atom is 0.433 e. The zero-order valence-electron chi connectivity index (χ0n) is 11.6. The number of hydrogen-bond donors (Lipinski definition) is 2. The lowest BCUT2D eigenvalue weighted by Crippen LogP contribution is -2.34. The van der Waals surface area contributed by atoms with Crippen LogP contribution in [0.15, 0.2) is 6.07 Å². The Kier molecular flexibility index (Phi) is 4.35. The first kappa shape index (κ1) is 14.9. The minimum Gasteiger partial charge on any atom is -0.367 e. The van der Waals surface area contributed by atoms with Crippen molar-refractivity contribution in [2.45, 2.75) is 45.3 Å². The number of aromatic nitrogens is 2. The van der Waals surface area contributed by atoms with Gasteiger partial charge < -0.3 is 10.6 Å². The maximum atomic E-state index is 12.8. The summed E-state index contributed by atoms with van der Waals surface area (Å²) in [6.45, 7) is 4.59. The molecule has 0 bridgehead atoms. The lowest BCUT2D eigenvalue weighted by molar-refractivity contribution is -0.141. The van der Waals surface area contributed by atoms with Gasteiger partial charge in [-0.05, 0) is 25.2 Å². The van der Waals surface area contributed by atoms with E-state index in [4.69, 9.17) is 0 Å². The molecule has 1 aliphatic carbocycles. The molecule has 0 unspecified atom stereocenters. The van der Waals surface area contributed by atoms with Crippen molar-refractivity contribution in [1.29, 1.82) is 0 Å². The molecule has 4 nitrogen and oxygen atoms in total. The van der Waals surface area contributed by atoms with Crippen LogP contribution in [0.4, 0.5) is 24.9 Å². The molecule has 2 N–H and O–H groups in total. The minimum absolute atomic E-state index is 0.0246. The van der Waals surface area contributed by atoms with Gasteiger partial charge in [0, 0.05) is 18.7 Å². The molecule has 2 rings (SSSR count). The summed E-state index contributed by atoms with van der Waals surface area (Å²) in [5.41, 5.74) is -0.916. The molecule has 1 aliphatic rings. The first-order valence-corrected chi connectivity index (χ1v) is 6.85. The second-order valence-electron chi connectivity index (χ2n) is 5.30. The number of halogens is 3. The predicted octanol–water partition coefficient (Wildman–Crippen LogP) is 3.53. The molecule has 1 aromatic heterocycles. The molecule has 20 heavy (non-hydrogen) atoms. The fraction of sp³-hybridized carbons (Fsp3) is 0.692. The van der Waals surface area contributed by atoms with E-state index in [1.807, 2.05) is 6.92 Å². The summed E-state index contributed by atoms with van der Waals surface area (Å²) in [6.07, 6.45) is -1.75. The number of anilines is 2. The highest BCUT2D eigenvalue weighted by Crippen LogP contribution is 2.32. The fourth-order valence-corrected chi connectivity index (χ4v) is 2.21. The molecule has 7 heteroatoms. The van der Waals surface area contributed by atoms with Gasteiger partial charge in [0.05, 0.1) is 0 Å². The van der Waals surface area contributed by atoms with Crippen molar-refractivity contribution in [1.82, 2.24) is 9.97 Å². The fourth-order valence-electron chi connectivity index (χ4n) is 2.21. The van der Waals surface area contributed by atoms with E-state index in [9.17, 15) is 13.2 Å². The van der Waals surface area contributed by atoms with Crippen LogP contribution in [0.25, 0.3) is 0 Å². The van der Waals surface area contributed by atoms with Crippen molar-refractivity contribution in [3.63, 3.8) is 0 Å². The van der Waals surface area contributed by atoms with Crippen molar-refractivity contribution in [2.24, 2.45) is 5.92 Å². The van der Waals surface area contributed by atoms with Gasteiger partial charge in [0.15, 0.2) is 5.69 Å². The quantitative estimate of drug-likeness (QED) is 0.870. The highest BCUT2D eigenvalue weighted by molar-refractivity contribution is 5.44. The highest BCUT2D eigenvalue weighted by Gasteiger charge is 2.34. The Morgan fingerprint density at radius 2 is 2.00 bits per heavy atom. The molecule has 0 spiro atoms. The summed E-state index contributed by atoms with van der Waals surface area (Å²) >= 11 is 0. The van der Waals surface area contributed by atoms with Crippen molar-refractivity contribution in [3.05, 3.63) is 11.8 Å². The smallest absolute Gasteiger partial charge is 0.367 e. The zero-order valence-corrected chi connectivity index (χ0v) is 11.6. The Balaban J connectivity index is 2.16. The third-order valence-electron chi connectivity index (χ3n) is 3.28. The number of nitrogens with one attached hydrogen (secondary N) is 2. The van der Waals surface area contributed by atoms with Crippen molar-refractivity contribution < 1.29 is 13.2 Å².